The molecule has 2 heteroatoms. The van der Waals surface area contributed by atoms with E-state index in [1.807, 2.05) is 0 Å². The molecular formula is C20H16O2. The van der Waals surface area contributed by atoms with Crippen molar-refractivity contribution in [3.8, 4) is 0 Å². The second kappa shape index (κ2) is 4.19. The lowest BCUT2D eigenvalue weighted by Gasteiger charge is -2.28. The van der Waals surface area contributed by atoms with E-state index < -0.39 is 12.2 Å². The van der Waals surface area contributed by atoms with Crippen LogP contribution in [0.25, 0.3) is 32.3 Å². The topological polar surface area (TPSA) is 40.5 Å². The Morgan fingerprint density at radius 1 is 0.818 bits per heavy atom. The Bertz CT molecular complexity index is 1000. The van der Waals surface area contributed by atoms with Crippen LogP contribution in [0.5, 0.6) is 0 Å². The third-order valence-corrected chi connectivity index (χ3v) is 5.17. The summed E-state index contributed by atoms with van der Waals surface area (Å²) in [5, 5.41) is 27.8. The quantitative estimate of drug-likeness (QED) is 0.481. The SMILES string of the molecule is O[C@@H]1CCc2c(cc3ccc4cccc5ccc2c3c45)[C@H]1O. The Morgan fingerprint density at radius 2 is 1.55 bits per heavy atom. The van der Waals surface area contributed by atoms with Gasteiger partial charge in [0.25, 0.3) is 0 Å². The summed E-state index contributed by atoms with van der Waals surface area (Å²) < 4.78 is 0. The molecule has 1 aliphatic carbocycles. The van der Waals surface area contributed by atoms with Crippen molar-refractivity contribution in [1.29, 1.82) is 0 Å². The van der Waals surface area contributed by atoms with Crippen molar-refractivity contribution in [3.63, 3.8) is 0 Å². The molecule has 2 nitrogen and oxygen atoms in total. The number of fused-ring (bicyclic) bond motifs is 2. The highest BCUT2D eigenvalue weighted by molar-refractivity contribution is 6.23. The largest absolute Gasteiger partial charge is 0.390 e. The van der Waals surface area contributed by atoms with Gasteiger partial charge in [-0.25, -0.2) is 0 Å². The molecule has 0 radical (unpaired) electrons. The van der Waals surface area contributed by atoms with Gasteiger partial charge < -0.3 is 10.2 Å². The highest BCUT2D eigenvalue weighted by atomic mass is 16.3. The number of aliphatic hydroxyl groups excluding tert-OH is 2. The van der Waals surface area contributed by atoms with Crippen LogP contribution in [-0.2, 0) is 6.42 Å². The Labute approximate surface area is 127 Å². The second-order valence-electron chi connectivity index (χ2n) is 6.35. The maximum Gasteiger partial charge on any atom is 0.105 e. The number of rotatable bonds is 0. The zero-order valence-corrected chi connectivity index (χ0v) is 12.1. The van der Waals surface area contributed by atoms with Gasteiger partial charge in [-0.05, 0) is 62.4 Å². The molecule has 0 saturated carbocycles. The van der Waals surface area contributed by atoms with Crippen molar-refractivity contribution in [2.75, 3.05) is 0 Å². The van der Waals surface area contributed by atoms with Crippen molar-refractivity contribution in [3.05, 3.63) is 59.7 Å². The zero-order valence-electron chi connectivity index (χ0n) is 12.1. The molecule has 0 aromatic heterocycles. The third kappa shape index (κ3) is 1.46. The van der Waals surface area contributed by atoms with E-state index in [0.717, 1.165) is 17.4 Å². The van der Waals surface area contributed by atoms with E-state index in [0.29, 0.717) is 6.42 Å². The van der Waals surface area contributed by atoms with Gasteiger partial charge in [-0.1, -0.05) is 42.5 Å². The molecule has 0 unspecified atom stereocenters. The van der Waals surface area contributed by atoms with E-state index in [2.05, 4.69) is 48.5 Å². The van der Waals surface area contributed by atoms with Gasteiger partial charge in [-0.2, -0.15) is 0 Å². The maximum atomic E-state index is 10.4. The lowest BCUT2D eigenvalue weighted by atomic mass is 9.81. The van der Waals surface area contributed by atoms with Gasteiger partial charge >= 0.3 is 0 Å². The number of hydrogen-bond acceptors (Lipinski definition) is 2. The summed E-state index contributed by atoms with van der Waals surface area (Å²) in [6.07, 6.45) is 0.0197. The highest BCUT2D eigenvalue weighted by Gasteiger charge is 2.28. The highest BCUT2D eigenvalue weighted by Crippen LogP contribution is 2.41. The smallest absolute Gasteiger partial charge is 0.105 e. The first kappa shape index (κ1) is 12.4. The molecule has 2 N–H and O–H groups in total. The molecule has 4 aromatic rings. The molecule has 0 heterocycles. The number of aliphatic hydroxyl groups is 2. The van der Waals surface area contributed by atoms with Gasteiger partial charge in [0.15, 0.2) is 0 Å². The van der Waals surface area contributed by atoms with Gasteiger partial charge in [0.1, 0.15) is 6.10 Å². The van der Waals surface area contributed by atoms with Crippen LogP contribution < -0.4 is 0 Å². The minimum absolute atomic E-state index is 0.623. The van der Waals surface area contributed by atoms with Crippen LogP contribution in [0.4, 0.5) is 0 Å². The molecule has 0 spiro atoms. The molecule has 0 saturated heterocycles. The molecule has 0 fully saturated rings. The van der Waals surface area contributed by atoms with Crippen LogP contribution in [-0.4, -0.2) is 16.3 Å². The molecule has 0 bridgehead atoms. The van der Waals surface area contributed by atoms with Crippen LogP contribution in [0.15, 0.2) is 48.5 Å². The van der Waals surface area contributed by atoms with Crippen molar-refractivity contribution >= 4 is 32.3 Å². The monoisotopic (exact) mass is 288 g/mol. The van der Waals surface area contributed by atoms with Crippen LogP contribution in [0.3, 0.4) is 0 Å². The molecule has 108 valence electrons. The fraction of sp³-hybridized carbons (Fsp3) is 0.200. The Kier molecular flexibility index (Phi) is 2.36. The molecule has 5 rings (SSSR count). The summed E-state index contributed by atoms with van der Waals surface area (Å²) in [5.74, 6) is 0. The van der Waals surface area contributed by atoms with Gasteiger partial charge in [0.05, 0.1) is 6.10 Å². The number of aryl methyl sites for hydroxylation is 1. The number of benzene rings is 4. The second-order valence-corrected chi connectivity index (χ2v) is 6.35. The Balaban J connectivity index is 2.01. The summed E-state index contributed by atoms with van der Waals surface area (Å²) in [5.41, 5.74) is 2.09. The molecule has 0 aliphatic heterocycles. The van der Waals surface area contributed by atoms with E-state index in [4.69, 9.17) is 0 Å². The zero-order chi connectivity index (χ0) is 14.8. The van der Waals surface area contributed by atoms with E-state index in [1.54, 1.807) is 0 Å². The standard InChI is InChI=1S/C20H16O2/c21-17-9-8-14-15-7-6-12-3-1-2-11-4-5-13(19(15)18(11)12)10-16(14)20(17)22/h1-7,10,17,20-22H,8-9H2/t17-,20-/m1/s1. The van der Waals surface area contributed by atoms with E-state index in [-0.39, 0.29) is 0 Å². The van der Waals surface area contributed by atoms with Crippen molar-refractivity contribution in [2.24, 2.45) is 0 Å². The lowest BCUT2D eigenvalue weighted by Crippen LogP contribution is -2.25. The van der Waals surface area contributed by atoms with Crippen LogP contribution in [0.2, 0.25) is 0 Å². The molecule has 1 aliphatic rings. The summed E-state index contributed by atoms with van der Waals surface area (Å²) in [6.45, 7) is 0. The average molecular weight is 288 g/mol. The predicted molar refractivity (Wildman–Crippen MR) is 89.4 cm³/mol. The lowest BCUT2D eigenvalue weighted by molar-refractivity contribution is 0.00683. The normalized spacial score (nSPS) is 21.7. The first-order chi connectivity index (χ1) is 10.7. The van der Waals surface area contributed by atoms with Crippen molar-refractivity contribution in [2.45, 2.75) is 25.0 Å². The third-order valence-electron chi connectivity index (χ3n) is 5.17. The van der Waals surface area contributed by atoms with Gasteiger partial charge in [0.2, 0.25) is 0 Å². The molecular weight excluding hydrogens is 272 g/mol. The van der Waals surface area contributed by atoms with Crippen molar-refractivity contribution < 1.29 is 10.2 Å². The van der Waals surface area contributed by atoms with Crippen LogP contribution >= 0.6 is 0 Å². The molecule has 0 amide bonds. The van der Waals surface area contributed by atoms with Crippen LogP contribution in [0, 0.1) is 0 Å². The minimum Gasteiger partial charge on any atom is -0.390 e. The van der Waals surface area contributed by atoms with Crippen molar-refractivity contribution in [1.82, 2.24) is 0 Å². The first-order valence-corrected chi connectivity index (χ1v) is 7.79. The van der Waals surface area contributed by atoms with Gasteiger partial charge in [0, 0.05) is 0 Å². The van der Waals surface area contributed by atoms with E-state index in [1.165, 1.54) is 32.5 Å². The fourth-order valence-corrected chi connectivity index (χ4v) is 4.09. The summed E-state index contributed by atoms with van der Waals surface area (Å²) >= 11 is 0. The fourth-order valence-electron chi connectivity index (χ4n) is 4.09. The molecule has 4 aromatic carbocycles. The summed E-state index contributed by atoms with van der Waals surface area (Å²) in [4.78, 5) is 0. The average Bonchev–Trinajstić information content (AvgIpc) is 2.56. The minimum atomic E-state index is -0.773. The Morgan fingerprint density at radius 3 is 2.36 bits per heavy atom. The van der Waals surface area contributed by atoms with E-state index in [9.17, 15) is 10.2 Å². The molecule has 22 heavy (non-hydrogen) atoms. The van der Waals surface area contributed by atoms with Gasteiger partial charge in [-0.3, -0.25) is 0 Å². The van der Waals surface area contributed by atoms with Crippen LogP contribution in [0.1, 0.15) is 23.7 Å². The first-order valence-electron chi connectivity index (χ1n) is 7.79. The number of hydrogen-bond donors (Lipinski definition) is 2. The predicted octanol–water partition coefficient (Wildman–Crippen LogP) is 3.92. The van der Waals surface area contributed by atoms with E-state index >= 15 is 0 Å². The maximum absolute atomic E-state index is 10.4. The summed E-state index contributed by atoms with van der Waals surface area (Å²) in [7, 11) is 0. The Hall–Kier alpha value is -2.16. The molecule has 2 atom stereocenters. The summed E-state index contributed by atoms with van der Waals surface area (Å²) in [6, 6.07) is 17.1. The van der Waals surface area contributed by atoms with Gasteiger partial charge in [-0.15, -0.1) is 0 Å².